The van der Waals surface area contributed by atoms with Crippen molar-refractivity contribution >= 4 is 12.2 Å². The first-order chi connectivity index (χ1) is 11.9. The second-order valence-corrected chi connectivity index (χ2v) is 7.96. The van der Waals surface area contributed by atoms with Gasteiger partial charge in [0.2, 0.25) is 12.1 Å². The third-order valence-electron chi connectivity index (χ3n) is 6.49. The summed E-state index contributed by atoms with van der Waals surface area (Å²) in [7, 11) is 0. The summed E-state index contributed by atoms with van der Waals surface area (Å²) in [5.41, 5.74) is 7.83. The number of carbonyl (C=O) groups is 1. The topological polar surface area (TPSA) is 99.6 Å². The van der Waals surface area contributed by atoms with Crippen molar-refractivity contribution in [3.63, 3.8) is 0 Å². The maximum atomic E-state index is 11.7. The van der Waals surface area contributed by atoms with Gasteiger partial charge in [-0.15, -0.1) is 0 Å². The van der Waals surface area contributed by atoms with Crippen molar-refractivity contribution in [2.24, 2.45) is 23.7 Å². The normalized spacial score (nSPS) is 51.0. The monoisotopic (exact) mass is 352 g/mol. The first kappa shape index (κ1) is 17.1. The summed E-state index contributed by atoms with van der Waals surface area (Å²) in [6, 6.07) is 0. The van der Waals surface area contributed by atoms with Crippen LogP contribution in [-0.2, 0) is 28.8 Å². The molecule has 1 saturated carbocycles. The summed E-state index contributed by atoms with van der Waals surface area (Å²) in [5, 5.41) is 0. The molecule has 8 nitrogen and oxygen atoms in total. The quantitative estimate of drug-likeness (QED) is 0.248. The molecule has 0 N–H and O–H groups in total. The van der Waals surface area contributed by atoms with Crippen LogP contribution in [0.25, 0.3) is 5.53 Å². The standard InChI is InChI=1S/C17H24N2O6/c1-9-4-5-12-10(2)14(21-13(20)8-19-18)22-15-17(12)11(9)6-7-16(3,23-15)24-25-17/h8-12,14-15H,4-7H2,1-3H3/t9-,10-,11+,12+,14-,15-,16-,17-/m1/s1. The number of esters is 1. The molecule has 0 aromatic rings. The number of carbonyl (C=O) groups excluding carboxylic acids is 1. The van der Waals surface area contributed by atoms with E-state index in [1.54, 1.807) is 0 Å². The lowest BCUT2D eigenvalue weighted by molar-refractivity contribution is -0.576. The van der Waals surface area contributed by atoms with E-state index in [-0.39, 0.29) is 17.8 Å². The summed E-state index contributed by atoms with van der Waals surface area (Å²) in [5.74, 6) is -0.894. The van der Waals surface area contributed by atoms with Crippen molar-refractivity contribution < 1.29 is 33.6 Å². The van der Waals surface area contributed by atoms with Crippen LogP contribution in [0.5, 0.6) is 0 Å². The molecule has 2 bridgehead atoms. The highest BCUT2D eigenvalue weighted by atomic mass is 17.3. The number of hydrogen-bond donors (Lipinski definition) is 0. The van der Waals surface area contributed by atoms with Crippen LogP contribution in [0.3, 0.4) is 0 Å². The molecule has 1 aliphatic carbocycles. The third-order valence-corrected chi connectivity index (χ3v) is 6.49. The molecule has 5 rings (SSSR count). The molecule has 0 amide bonds. The van der Waals surface area contributed by atoms with Crippen LogP contribution in [0.15, 0.2) is 0 Å². The van der Waals surface area contributed by atoms with Gasteiger partial charge in [0.05, 0.1) is 0 Å². The molecule has 25 heavy (non-hydrogen) atoms. The second kappa shape index (κ2) is 5.86. The van der Waals surface area contributed by atoms with Crippen LogP contribution >= 0.6 is 0 Å². The second-order valence-electron chi connectivity index (χ2n) is 7.96. The third kappa shape index (κ3) is 2.47. The Labute approximate surface area is 146 Å². The molecular weight excluding hydrogens is 328 g/mol. The fourth-order valence-corrected chi connectivity index (χ4v) is 5.20. The molecule has 4 aliphatic heterocycles. The van der Waals surface area contributed by atoms with Gasteiger partial charge in [-0.3, -0.25) is 0 Å². The summed E-state index contributed by atoms with van der Waals surface area (Å²) in [6.07, 6.45) is 2.94. The minimum atomic E-state index is -0.862. The van der Waals surface area contributed by atoms with E-state index in [0.29, 0.717) is 12.1 Å². The fourth-order valence-electron chi connectivity index (χ4n) is 5.20. The van der Waals surface area contributed by atoms with Gasteiger partial charge in [0, 0.05) is 18.3 Å². The first-order valence-corrected chi connectivity index (χ1v) is 8.98. The Morgan fingerprint density at radius 1 is 1.24 bits per heavy atom. The minimum Gasteiger partial charge on any atom is -0.427 e. The number of ether oxygens (including phenoxy) is 3. The lowest BCUT2D eigenvalue weighted by Gasteiger charge is -2.59. The highest BCUT2D eigenvalue weighted by Crippen LogP contribution is 2.60. The summed E-state index contributed by atoms with van der Waals surface area (Å²) in [4.78, 5) is 26.2. The van der Waals surface area contributed by atoms with Crippen LogP contribution < -0.4 is 0 Å². The number of fused-ring (bicyclic) bond motifs is 2. The molecule has 4 heterocycles. The van der Waals surface area contributed by atoms with Gasteiger partial charge in [0.1, 0.15) is 0 Å². The largest absolute Gasteiger partial charge is 0.427 e. The summed E-state index contributed by atoms with van der Waals surface area (Å²) in [6.45, 7) is 6.07. The highest BCUT2D eigenvalue weighted by Gasteiger charge is 2.69. The molecule has 4 saturated heterocycles. The smallest absolute Gasteiger partial charge is 0.415 e. The first-order valence-electron chi connectivity index (χ1n) is 8.98. The van der Waals surface area contributed by atoms with Gasteiger partial charge < -0.3 is 19.7 Å². The molecule has 8 atom stereocenters. The molecular formula is C17H24N2O6. The van der Waals surface area contributed by atoms with Gasteiger partial charge in [0.15, 0.2) is 11.9 Å². The summed E-state index contributed by atoms with van der Waals surface area (Å²) < 4.78 is 17.6. The van der Waals surface area contributed by atoms with Gasteiger partial charge >= 0.3 is 12.2 Å². The van der Waals surface area contributed by atoms with Crippen molar-refractivity contribution in [1.29, 1.82) is 0 Å². The van der Waals surface area contributed by atoms with Gasteiger partial charge in [-0.2, -0.15) is 4.79 Å². The van der Waals surface area contributed by atoms with Gasteiger partial charge in [-0.25, -0.2) is 14.6 Å². The Balaban J connectivity index is 1.69. The SMILES string of the molecule is C[C@H]1[C@H](OC(=O)C=[N+]=[N-])O[C@@H]2O[C@@]3(C)CC[C@H]4[C@H](C)CC[C@@H]1[C@@]24OO3. The van der Waals surface area contributed by atoms with E-state index in [9.17, 15) is 4.79 Å². The van der Waals surface area contributed by atoms with E-state index in [1.807, 2.05) is 13.8 Å². The van der Waals surface area contributed by atoms with Gasteiger partial charge in [-0.1, -0.05) is 13.8 Å². The zero-order valence-corrected chi connectivity index (χ0v) is 14.7. The lowest BCUT2D eigenvalue weighted by atomic mass is 9.58. The maximum absolute atomic E-state index is 11.7. The molecule has 0 unspecified atom stereocenters. The molecule has 0 radical (unpaired) electrons. The molecule has 5 fully saturated rings. The van der Waals surface area contributed by atoms with E-state index in [0.717, 1.165) is 25.7 Å². The Morgan fingerprint density at radius 2 is 2.04 bits per heavy atom. The van der Waals surface area contributed by atoms with Crippen LogP contribution in [0.2, 0.25) is 0 Å². The predicted octanol–water partition coefficient (Wildman–Crippen LogP) is 2.04. The van der Waals surface area contributed by atoms with E-state index >= 15 is 0 Å². The Morgan fingerprint density at radius 3 is 2.80 bits per heavy atom. The Kier molecular flexibility index (Phi) is 4.01. The number of hydrogen-bond acceptors (Lipinski definition) is 6. The lowest BCUT2D eigenvalue weighted by Crippen LogP contribution is -2.70. The zero-order chi connectivity index (χ0) is 17.8. The minimum absolute atomic E-state index is 0.0824. The Hall–Kier alpha value is -1.31. The van der Waals surface area contributed by atoms with Crippen molar-refractivity contribution in [1.82, 2.24) is 0 Å². The average molecular weight is 352 g/mol. The highest BCUT2D eigenvalue weighted by molar-refractivity contribution is 6.20. The van der Waals surface area contributed by atoms with Crippen LogP contribution in [0.1, 0.15) is 46.5 Å². The van der Waals surface area contributed by atoms with Crippen molar-refractivity contribution in [2.45, 2.75) is 70.4 Å². The number of nitrogens with zero attached hydrogens (tertiary/aromatic N) is 2. The van der Waals surface area contributed by atoms with Crippen molar-refractivity contribution in [3.8, 4) is 0 Å². The molecule has 138 valence electrons. The van der Waals surface area contributed by atoms with Gasteiger partial charge in [-0.05, 0) is 38.0 Å². The maximum Gasteiger partial charge on any atom is 0.415 e. The van der Waals surface area contributed by atoms with Crippen LogP contribution in [0.4, 0.5) is 0 Å². The van der Waals surface area contributed by atoms with Crippen LogP contribution in [0, 0.1) is 23.7 Å². The molecule has 5 aliphatic rings. The fraction of sp³-hybridized carbons (Fsp3) is 0.882. The van der Waals surface area contributed by atoms with Crippen molar-refractivity contribution in [3.05, 3.63) is 5.53 Å². The number of rotatable bonds is 2. The van der Waals surface area contributed by atoms with E-state index in [1.165, 1.54) is 0 Å². The molecule has 0 aromatic heterocycles. The average Bonchev–Trinajstić information content (AvgIpc) is 2.79. The van der Waals surface area contributed by atoms with Crippen LogP contribution in [-0.4, -0.2) is 40.9 Å². The molecule has 0 aromatic carbocycles. The Bertz CT molecular complexity index is 622. The van der Waals surface area contributed by atoms with E-state index in [4.69, 9.17) is 29.5 Å². The zero-order valence-electron chi connectivity index (χ0n) is 14.7. The summed E-state index contributed by atoms with van der Waals surface area (Å²) >= 11 is 0. The molecule has 8 heteroatoms. The van der Waals surface area contributed by atoms with E-state index in [2.05, 4.69) is 11.7 Å². The molecule has 1 spiro atoms. The van der Waals surface area contributed by atoms with Crippen molar-refractivity contribution in [2.75, 3.05) is 0 Å². The predicted molar refractivity (Wildman–Crippen MR) is 82.6 cm³/mol. The van der Waals surface area contributed by atoms with E-state index < -0.39 is 29.9 Å². The van der Waals surface area contributed by atoms with Gasteiger partial charge in [0.25, 0.3) is 0 Å².